The van der Waals surface area contributed by atoms with Crippen LogP contribution in [0.3, 0.4) is 0 Å². The lowest BCUT2D eigenvalue weighted by atomic mass is 9.90. The van der Waals surface area contributed by atoms with E-state index in [-0.39, 0.29) is 5.91 Å². The number of amides is 1. The van der Waals surface area contributed by atoms with Crippen LogP contribution in [0.4, 0.5) is 5.13 Å². The zero-order chi connectivity index (χ0) is 24.4. The van der Waals surface area contributed by atoms with Gasteiger partial charge >= 0.3 is 0 Å². The van der Waals surface area contributed by atoms with Gasteiger partial charge < -0.3 is 15.2 Å². The van der Waals surface area contributed by atoms with Crippen molar-refractivity contribution in [3.05, 3.63) is 88.5 Å². The highest BCUT2D eigenvalue weighted by molar-refractivity contribution is 7.14. The number of thiazole rings is 1. The van der Waals surface area contributed by atoms with Crippen molar-refractivity contribution < 1.29 is 4.79 Å². The van der Waals surface area contributed by atoms with Crippen molar-refractivity contribution in [1.29, 1.82) is 0 Å². The Morgan fingerprint density at radius 1 is 1.03 bits per heavy atom. The standard InChI is InChI=1S/C28H29N5OS/c1-18-12-24(13-19(2)30-18)21-8-5-9-22(14-21)26-17-35-28(32-26)31-25(20-6-4-7-20)15-29-27(34)23-10-11-33(3)16-23/h5,8-14,16-17H,4,6-7,15H2,1-3H3,(H,29,34)(H,31,32). The van der Waals surface area contributed by atoms with Gasteiger partial charge in [-0.15, -0.1) is 11.3 Å². The summed E-state index contributed by atoms with van der Waals surface area (Å²) in [6, 6.07) is 14.5. The molecule has 6 nitrogen and oxygen atoms in total. The summed E-state index contributed by atoms with van der Waals surface area (Å²) in [5, 5.41) is 9.47. The average Bonchev–Trinajstić information content (AvgIpc) is 3.45. The number of aryl methyl sites for hydroxylation is 3. The molecule has 0 spiro atoms. The van der Waals surface area contributed by atoms with Crippen molar-refractivity contribution in [1.82, 2.24) is 19.9 Å². The molecule has 1 saturated carbocycles. The van der Waals surface area contributed by atoms with Gasteiger partial charge in [0.15, 0.2) is 5.13 Å². The molecule has 7 heteroatoms. The van der Waals surface area contributed by atoms with Crippen LogP contribution in [0.15, 0.2) is 71.5 Å². The van der Waals surface area contributed by atoms with Crippen LogP contribution in [0.2, 0.25) is 0 Å². The molecule has 1 fully saturated rings. The van der Waals surface area contributed by atoms with Crippen LogP contribution in [0.1, 0.15) is 41.0 Å². The van der Waals surface area contributed by atoms with E-state index in [0.717, 1.165) is 57.4 Å². The Hall–Kier alpha value is -3.71. The summed E-state index contributed by atoms with van der Waals surface area (Å²) in [6.07, 6.45) is 7.02. The molecular formula is C28H29N5OS. The molecule has 1 aliphatic carbocycles. The van der Waals surface area contributed by atoms with E-state index in [1.807, 2.05) is 43.9 Å². The summed E-state index contributed by atoms with van der Waals surface area (Å²) in [4.78, 5) is 21.9. The van der Waals surface area contributed by atoms with Gasteiger partial charge in [-0.3, -0.25) is 9.78 Å². The first-order chi connectivity index (χ1) is 16.9. The number of benzene rings is 1. The molecule has 0 radical (unpaired) electrons. The fourth-order valence-electron chi connectivity index (χ4n) is 4.27. The first kappa shape index (κ1) is 23.1. The Balaban J connectivity index is 1.31. The van der Waals surface area contributed by atoms with E-state index in [1.54, 1.807) is 11.3 Å². The molecule has 4 aromatic rings. The Labute approximate surface area is 209 Å². The van der Waals surface area contributed by atoms with Crippen LogP contribution in [0.25, 0.3) is 22.4 Å². The van der Waals surface area contributed by atoms with Crippen LogP contribution in [0.5, 0.6) is 0 Å². The second-order valence-electron chi connectivity index (χ2n) is 9.07. The van der Waals surface area contributed by atoms with Crippen molar-refractivity contribution in [2.45, 2.75) is 33.1 Å². The summed E-state index contributed by atoms with van der Waals surface area (Å²) in [5.74, 6) is -0.0666. The highest BCUT2D eigenvalue weighted by Gasteiger charge is 2.17. The number of anilines is 1. The molecule has 1 amide bonds. The second-order valence-corrected chi connectivity index (χ2v) is 9.92. The molecule has 35 heavy (non-hydrogen) atoms. The summed E-state index contributed by atoms with van der Waals surface area (Å²) >= 11 is 1.58. The highest BCUT2D eigenvalue weighted by atomic mass is 32.1. The SMILES string of the molecule is Cc1cc(-c2cccc(-c3csc(NC(CNC(=O)c4ccn(C)c4)=C4CCC4)n3)c2)cc(C)n1. The van der Waals surface area contributed by atoms with Gasteiger partial charge in [-0.05, 0) is 74.1 Å². The lowest BCUT2D eigenvalue weighted by molar-refractivity contribution is 0.0957. The maximum absolute atomic E-state index is 12.5. The van der Waals surface area contributed by atoms with Gasteiger partial charge in [-0.25, -0.2) is 4.98 Å². The predicted molar refractivity (Wildman–Crippen MR) is 143 cm³/mol. The smallest absolute Gasteiger partial charge is 0.253 e. The minimum absolute atomic E-state index is 0.0666. The number of rotatable bonds is 7. The lowest BCUT2D eigenvalue weighted by Gasteiger charge is -2.22. The number of nitrogens with zero attached hydrogens (tertiary/aromatic N) is 3. The van der Waals surface area contributed by atoms with Gasteiger partial charge in [0.05, 0.1) is 17.8 Å². The summed E-state index contributed by atoms with van der Waals surface area (Å²) in [5.41, 5.74) is 9.45. The highest BCUT2D eigenvalue weighted by Crippen LogP contribution is 2.32. The number of nitrogens with one attached hydrogen (secondary N) is 2. The fraction of sp³-hybridized carbons (Fsp3) is 0.250. The van der Waals surface area contributed by atoms with E-state index in [0.29, 0.717) is 12.1 Å². The van der Waals surface area contributed by atoms with Crippen LogP contribution in [0, 0.1) is 13.8 Å². The number of carbonyl (C=O) groups is 1. The van der Waals surface area contributed by atoms with Gasteiger partial charge in [0.25, 0.3) is 5.91 Å². The molecular weight excluding hydrogens is 454 g/mol. The monoisotopic (exact) mass is 483 g/mol. The molecule has 5 rings (SSSR count). The molecule has 0 saturated heterocycles. The zero-order valence-corrected chi connectivity index (χ0v) is 21.1. The zero-order valence-electron chi connectivity index (χ0n) is 20.3. The fourth-order valence-corrected chi connectivity index (χ4v) is 5.02. The van der Waals surface area contributed by atoms with E-state index >= 15 is 0 Å². The van der Waals surface area contributed by atoms with Gasteiger partial charge in [-0.2, -0.15) is 0 Å². The first-order valence-corrected chi connectivity index (χ1v) is 12.7. The minimum Gasteiger partial charge on any atom is -0.356 e. The van der Waals surface area contributed by atoms with Crippen molar-refractivity contribution in [2.75, 3.05) is 11.9 Å². The number of hydrogen-bond acceptors (Lipinski definition) is 5. The number of pyridine rings is 1. The molecule has 0 bridgehead atoms. The molecule has 3 aromatic heterocycles. The number of aromatic nitrogens is 3. The lowest BCUT2D eigenvalue weighted by Crippen LogP contribution is -2.29. The average molecular weight is 484 g/mol. The van der Waals surface area contributed by atoms with E-state index in [4.69, 9.17) is 4.98 Å². The van der Waals surface area contributed by atoms with Gasteiger partial charge in [0.1, 0.15) is 0 Å². The molecule has 3 heterocycles. The maximum Gasteiger partial charge on any atom is 0.253 e. The maximum atomic E-state index is 12.5. The molecule has 2 N–H and O–H groups in total. The second kappa shape index (κ2) is 9.88. The topological polar surface area (TPSA) is 71.8 Å². The number of carbonyl (C=O) groups excluding carboxylic acids is 1. The van der Waals surface area contributed by atoms with Gasteiger partial charge in [0.2, 0.25) is 0 Å². The van der Waals surface area contributed by atoms with Crippen LogP contribution in [-0.4, -0.2) is 27.0 Å². The Morgan fingerprint density at radius 2 is 1.80 bits per heavy atom. The molecule has 0 unspecified atom stereocenters. The number of allylic oxidation sites excluding steroid dienone is 1. The summed E-state index contributed by atoms with van der Waals surface area (Å²) in [6.45, 7) is 4.51. The van der Waals surface area contributed by atoms with Crippen LogP contribution >= 0.6 is 11.3 Å². The summed E-state index contributed by atoms with van der Waals surface area (Å²) in [7, 11) is 1.91. The Morgan fingerprint density at radius 3 is 2.49 bits per heavy atom. The van der Waals surface area contributed by atoms with Crippen LogP contribution < -0.4 is 10.6 Å². The largest absolute Gasteiger partial charge is 0.356 e. The first-order valence-electron chi connectivity index (χ1n) is 11.8. The van der Waals surface area contributed by atoms with Crippen molar-refractivity contribution in [3.8, 4) is 22.4 Å². The third kappa shape index (κ3) is 5.35. The van der Waals surface area contributed by atoms with E-state index in [1.165, 1.54) is 12.0 Å². The van der Waals surface area contributed by atoms with Crippen molar-refractivity contribution in [2.24, 2.45) is 7.05 Å². The molecule has 1 aromatic carbocycles. The summed E-state index contributed by atoms with van der Waals surface area (Å²) < 4.78 is 1.88. The molecule has 0 aliphatic heterocycles. The Bertz CT molecular complexity index is 1390. The minimum atomic E-state index is -0.0666. The van der Waals surface area contributed by atoms with Crippen molar-refractivity contribution >= 4 is 22.4 Å². The van der Waals surface area contributed by atoms with E-state index in [2.05, 4.69) is 57.4 Å². The van der Waals surface area contributed by atoms with E-state index in [9.17, 15) is 4.79 Å². The molecule has 0 atom stereocenters. The van der Waals surface area contributed by atoms with Gasteiger partial charge in [-0.1, -0.05) is 18.2 Å². The van der Waals surface area contributed by atoms with Gasteiger partial charge in [0, 0.05) is 47.5 Å². The Kier molecular flexibility index (Phi) is 6.51. The van der Waals surface area contributed by atoms with Crippen molar-refractivity contribution in [3.63, 3.8) is 0 Å². The third-order valence-corrected chi connectivity index (χ3v) is 7.00. The normalized spacial score (nSPS) is 12.8. The molecule has 1 aliphatic rings. The molecule has 178 valence electrons. The van der Waals surface area contributed by atoms with Crippen LogP contribution in [-0.2, 0) is 7.05 Å². The number of hydrogen-bond donors (Lipinski definition) is 2. The van der Waals surface area contributed by atoms with E-state index < -0.39 is 0 Å². The predicted octanol–water partition coefficient (Wildman–Crippen LogP) is 6.11. The third-order valence-electron chi connectivity index (χ3n) is 6.24. The quantitative estimate of drug-likeness (QED) is 0.333.